The highest BCUT2D eigenvalue weighted by atomic mass is 28.4. The van der Waals surface area contributed by atoms with E-state index in [0.717, 1.165) is 25.7 Å². The lowest BCUT2D eigenvalue weighted by atomic mass is 10.0. The van der Waals surface area contributed by atoms with Crippen molar-refractivity contribution in [1.82, 2.24) is 0 Å². The third-order valence-electron chi connectivity index (χ3n) is 7.03. The molecule has 0 aromatic heterocycles. The molecule has 3 nitrogen and oxygen atoms in total. The van der Waals surface area contributed by atoms with E-state index in [1.807, 2.05) is 0 Å². The third kappa shape index (κ3) is 16.9. The second-order valence-corrected chi connectivity index (χ2v) is 15.8. The minimum absolute atomic E-state index is 0.0879. The fraction of sp³-hybridized carbons (Fsp3) is 0.963. The van der Waals surface area contributed by atoms with E-state index in [9.17, 15) is 4.79 Å². The van der Waals surface area contributed by atoms with Gasteiger partial charge in [0.1, 0.15) is 0 Å². The first kappa shape index (κ1) is 30.6. The number of methoxy groups -OCH3 is 1. The molecule has 0 aromatic carbocycles. The summed E-state index contributed by atoms with van der Waals surface area (Å²) < 4.78 is 11.5. The molecule has 0 heterocycles. The van der Waals surface area contributed by atoms with Crippen LogP contribution in [0.3, 0.4) is 0 Å². The van der Waals surface area contributed by atoms with Crippen LogP contribution < -0.4 is 0 Å². The first-order valence-electron chi connectivity index (χ1n) is 13.4. The highest BCUT2D eigenvalue weighted by Crippen LogP contribution is 2.38. The van der Waals surface area contributed by atoms with Crippen molar-refractivity contribution in [2.24, 2.45) is 0 Å². The fourth-order valence-electron chi connectivity index (χ4n) is 3.81. The van der Waals surface area contributed by atoms with Gasteiger partial charge in [-0.15, -0.1) is 0 Å². The van der Waals surface area contributed by atoms with Gasteiger partial charge in [-0.05, 0) is 37.4 Å². The molecule has 0 spiro atoms. The molecule has 0 fully saturated rings. The van der Waals surface area contributed by atoms with Crippen LogP contribution in [0.1, 0.15) is 137 Å². The molecule has 0 rings (SSSR count). The SMILES string of the molecule is CCCCCCCCCCCCCC(CCCCCC(=O)OC)O[Si](C)(C)C(C)(C)C. The first-order chi connectivity index (χ1) is 14.6. The normalized spacial score (nSPS) is 13.4. The van der Waals surface area contributed by atoms with Gasteiger partial charge in [-0.1, -0.05) is 111 Å². The Hall–Kier alpha value is -0.353. The molecular weight excluding hydrogens is 400 g/mol. The molecule has 0 saturated carbocycles. The van der Waals surface area contributed by atoms with Crippen LogP contribution in [0.15, 0.2) is 0 Å². The van der Waals surface area contributed by atoms with E-state index in [-0.39, 0.29) is 11.0 Å². The maximum atomic E-state index is 11.3. The van der Waals surface area contributed by atoms with Gasteiger partial charge < -0.3 is 9.16 Å². The summed E-state index contributed by atoms with van der Waals surface area (Å²) in [5, 5.41) is 0.257. The van der Waals surface area contributed by atoms with Gasteiger partial charge in [0.15, 0.2) is 8.32 Å². The van der Waals surface area contributed by atoms with Crippen molar-refractivity contribution >= 4 is 14.3 Å². The van der Waals surface area contributed by atoms with E-state index in [1.165, 1.54) is 84.2 Å². The molecule has 1 atom stereocenters. The number of rotatable bonds is 20. The second kappa shape index (κ2) is 18.1. The molecule has 0 saturated heterocycles. The Morgan fingerprint density at radius 3 is 1.58 bits per heavy atom. The Bertz CT molecular complexity index is 429. The van der Waals surface area contributed by atoms with Gasteiger partial charge in [0.05, 0.1) is 7.11 Å². The standard InChI is InChI=1S/C27H56O3Si/c1-8-9-10-11-12-13-14-15-16-17-19-22-25(30-31(6,7)27(2,3)4)23-20-18-21-24-26(28)29-5/h25H,8-24H2,1-7H3. The smallest absolute Gasteiger partial charge is 0.305 e. The van der Waals surface area contributed by atoms with E-state index >= 15 is 0 Å². The largest absolute Gasteiger partial charge is 0.469 e. The van der Waals surface area contributed by atoms with E-state index in [0.29, 0.717) is 12.5 Å². The van der Waals surface area contributed by atoms with E-state index in [4.69, 9.17) is 9.16 Å². The zero-order valence-electron chi connectivity index (χ0n) is 22.3. The lowest BCUT2D eigenvalue weighted by Crippen LogP contribution is -2.44. The molecule has 0 aromatic rings. The molecule has 0 aliphatic rings. The highest BCUT2D eigenvalue weighted by molar-refractivity contribution is 6.74. The van der Waals surface area contributed by atoms with Gasteiger partial charge in [0.25, 0.3) is 0 Å². The third-order valence-corrected chi connectivity index (χ3v) is 11.6. The van der Waals surface area contributed by atoms with Gasteiger partial charge in [-0.2, -0.15) is 0 Å². The minimum atomic E-state index is -1.73. The summed E-state index contributed by atoms with van der Waals surface area (Å²) in [6.07, 6.45) is 21.7. The summed E-state index contributed by atoms with van der Waals surface area (Å²) in [5.41, 5.74) is 0. The van der Waals surface area contributed by atoms with Crippen LogP contribution in [0.25, 0.3) is 0 Å². The monoisotopic (exact) mass is 456 g/mol. The topological polar surface area (TPSA) is 35.5 Å². The van der Waals surface area contributed by atoms with Crippen molar-refractivity contribution in [2.75, 3.05) is 7.11 Å². The molecule has 0 aliphatic heterocycles. The van der Waals surface area contributed by atoms with Crippen LogP contribution in [0.5, 0.6) is 0 Å². The number of unbranched alkanes of at least 4 members (excludes halogenated alkanes) is 12. The van der Waals surface area contributed by atoms with Crippen molar-refractivity contribution in [2.45, 2.75) is 161 Å². The maximum Gasteiger partial charge on any atom is 0.305 e. The fourth-order valence-corrected chi connectivity index (χ4v) is 5.23. The lowest BCUT2D eigenvalue weighted by Gasteiger charge is -2.39. The van der Waals surface area contributed by atoms with Crippen LogP contribution in [0, 0.1) is 0 Å². The summed E-state index contributed by atoms with van der Waals surface area (Å²) in [4.78, 5) is 11.3. The first-order valence-corrected chi connectivity index (χ1v) is 16.3. The molecule has 0 aliphatic carbocycles. The number of carbonyl (C=O) groups excluding carboxylic acids is 1. The zero-order chi connectivity index (χ0) is 23.6. The van der Waals surface area contributed by atoms with Gasteiger partial charge >= 0.3 is 5.97 Å². The summed E-state index contributed by atoms with van der Waals surface area (Å²) in [6.45, 7) is 14.0. The summed E-state index contributed by atoms with van der Waals surface area (Å²) >= 11 is 0. The van der Waals surface area contributed by atoms with Gasteiger partial charge in [-0.25, -0.2) is 0 Å². The maximum absolute atomic E-state index is 11.3. The van der Waals surface area contributed by atoms with Crippen LogP contribution in [-0.2, 0) is 14.0 Å². The van der Waals surface area contributed by atoms with Crippen molar-refractivity contribution in [3.8, 4) is 0 Å². The van der Waals surface area contributed by atoms with Crippen molar-refractivity contribution < 1.29 is 14.0 Å². The van der Waals surface area contributed by atoms with Crippen molar-refractivity contribution in [1.29, 1.82) is 0 Å². The van der Waals surface area contributed by atoms with Crippen LogP contribution in [-0.4, -0.2) is 27.5 Å². The number of ether oxygens (including phenoxy) is 1. The Kier molecular flexibility index (Phi) is 17.9. The number of hydrogen-bond acceptors (Lipinski definition) is 3. The summed E-state index contributed by atoms with van der Waals surface area (Å²) in [6, 6.07) is 0. The van der Waals surface area contributed by atoms with Crippen LogP contribution >= 0.6 is 0 Å². The predicted molar refractivity (Wildman–Crippen MR) is 138 cm³/mol. The Morgan fingerprint density at radius 1 is 0.742 bits per heavy atom. The molecule has 0 amide bonds. The minimum Gasteiger partial charge on any atom is -0.469 e. The van der Waals surface area contributed by atoms with Gasteiger partial charge in [0.2, 0.25) is 0 Å². The number of hydrogen-bond donors (Lipinski definition) is 0. The summed E-state index contributed by atoms with van der Waals surface area (Å²) in [5.74, 6) is -0.0879. The molecule has 186 valence electrons. The van der Waals surface area contributed by atoms with E-state index in [2.05, 4.69) is 40.8 Å². The van der Waals surface area contributed by atoms with E-state index < -0.39 is 8.32 Å². The zero-order valence-corrected chi connectivity index (χ0v) is 23.3. The quantitative estimate of drug-likeness (QED) is 0.104. The average Bonchev–Trinajstić information content (AvgIpc) is 2.70. The van der Waals surface area contributed by atoms with Crippen molar-refractivity contribution in [3.05, 3.63) is 0 Å². The molecular formula is C27H56O3Si. The molecule has 0 bridgehead atoms. The van der Waals surface area contributed by atoms with Crippen molar-refractivity contribution in [3.63, 3.8) is 0 Å². The summed E-state index contributed by atoms with van der Waals surface area (Å²) in [7, 11) is -0.263. The number of carbonyl (C=O) groups is 1. The Balaban J connectivity index is 4.14. The average molecular weight is 457 g/mol. The second-order valence-electron chi connectivity index (χ2n) is 11.0. The molecule has 4 heteroatoms. The Labute approximate surface area is 196 Å². The van der Waals surface area contributed by atoms with E-state index in [1.54, 1.807) is 0 Å². The molecule has 1 unspecified atom stereocenters. The van der Waals surface area contributed by atoms with Crippen LogP contribution in [0.2, 0.25) is 18.1 Å². The van der Waals surface area contributed by atoms with Crippen LogP contribution in [0.4, 0.5) is 0 Å². The van der Waals surface area contributed by atoms with Gasteiger partial charge in [-0.3, -0.25) is 4.79 Å². The highest BCUT2D eigenvalue weighted by Gasteiger charge is 2.38. The number of esters is 1. The molecule has 31 heavy (non-hydrogen) atoms. The molecule has 0 N–H and O–H groups in total. The van der Waals surface area contributed by atoms with Gasteiger partial charge in [0, 0.05) is 12.5 Å². The lowest BCUT2D eigenvalue weighted by molar-refractivity contribution is -0.140. The predicted octanol–water partition coefficient (Wildman–Crippen LogP) is 9.20. The molecule has 0 radical (unpaired) electrons. The Morgan fingerprint density at radius 2 is 1.16 bits per heavy atom.